The highest BCUT2D eigenvalue weighted by molar-refractivity contribution is 5.98. The summed E-state index contributed by atoms with van der Waals surface area (Å²) in [4.78, 5) is 35.0. The molecule has 0 spiro atoms. The van der Waals surface area contributed by atoms with E-state index < -0.39 is 24.0 Å². The third-order valence-corrected chi connectivity index (χ3v) is 4.34. The number of amides is 3. The number of hydrogen-bond acceptors (Lipinski definition) is 5. The molecule has 3 amide bonds. The van der Waals surface area contributed by atoms with Crippen LogP contribution in [0.15, 0.2) is 24.3 Å². The van der Waals surface area contributed by atoms with Gasteiger partial charge in [-0.2, -0.15) is 5.10 Å². The fraction of sp³-hybridized carbons (Fsp3) is 0.333. The predicted molar refractivity (Wildman–Crippen MR) is 92.8 cm³/mol. The van der Waals surface area contributed by atoms with Crippen LogP contribution >= 0.6 is 0 Å². The van der Waals surface area contributed by atoms with Gasteiger partial charge in [-0.25, -0.2) is 18.7 Å². The van der Waals surface area contributed by atoms with Gasteiger partial charge >= 0.3 is 12.0 Å². The molecule has 0 aliphatic heterocycles. The highest BCUT2D eigenvalue weighted by Gasteiger charge is 2.29. The van der Waals surface area contributed by atoms with E-state index in [1.165, 1.54) is 19.1 Å². The Hall–Kier alpha value is -3.23. The second-order valence-corrected chi connectivity index (χ2v) is 6.27. The quantitative estimate of drug-likeness (QED) is 0.789. The van der Waals surface area contributed by atoms with Gasteiger partial charge in [0.2, 0.25) is 0 Å². The normalized spacial score (nSPS) is 14.1. The lowest BCUT2D eigenvalue weighted by Gasteiger charge is -2.14. The van der Waals surface area contributed by atoms with Crippen LogP contribution in [0.25, 0.3) is 5.69 Å². The summed E-state index contributed by atoms with van der Waals surface area (Å²) in [6, 6.07) is 4.77. The first-order valence-electron chi connectivity index (χ1n) is 8.55. The molecule has 8 nitrogen and oxygen atoms in total. The topological polar surface area (TPSA) is 116 Å². The second-order valence-electron chi connectivity index (χ2n) is 6.27. The number of imide groups is 1. The van der Waals surface area contributed by atoms with Crippen molar-refractivity contribution in [1.29, 1.82) is 0 Å². The van der Waals surface area contributed by atoms with Crippen LogP contribution < -0.4 is 11.1 Å². The number of hydrogen-bond donors (Lipinski definition) is 2. The fourth-order valence-corrected chi connectivity index (χ4v) is 3.05. The van der Waals surface area contributed by atoms with Gasteiger partial charge in [-0.3, -0.25) is 10.1 Å². The average molecular weight is 374 g/mol. The van der Waals surface area contributed by atoms with Crippen LogP contribution in [0, 0.1) is 5.82 Å². The molecule has 0 fully saturated rings. The summed E-state index contributed by atoms with van der Waals surface area (Å²) >= 11 is 0. The minimum atomic E-state index is -1.21. The van der Waals surface area contributed by atoms with Gasteiger partial charge in [-0.05, 0) is 56.9 Å². The minimum absolute atomic E-state index is 0.118. The van der Waals surface area contributed by atoms with Crippen molar-refractivity contribution in [1.82, 2.24) is 15.1 Å². The third kappa shape index (κ3) is 3.97. The van der Waals surface area contributed by atoms with E-state index in [1.807, 2.05) is 5.32 Å². The summed E-state index contributed by atoms with van der Waals surface area (Å²) in [5, 5.41) is 6.22. The molecule has 1 aromatic carbocycles. The number of carbonyl (C=O) groups excluding carboxylic acids is 3. The minimum Gasteiger partial charge on any atom is -0.448 e. The zero-order valence-corrected chi connectivity index (χ0v) is 14.7. The van der Waals surface area contributed by atoms with E-state index in [9.17, 15) is 18.8 Å². The van der Waals surface area contributed by atoms with E-state index in [4.69, 9.17) is 10.5 Å². The number of aromatic nitrogens is 2. The fourth-order valence-electron chi connectivity index (χ4n) is 3.05. The number of halogens is 1. The summed E-state index contributed by atoms with van der Waals surface area (Å²) in [7, 11) is 0. The lowest BCUT2D eigenvalue weighted by molar-refractivity contribution is -0.127. The van der Waals surface area contributed by atoms with E-state index in [2.05, 4.69) is 5.10 Å². The Morgan fingerprint density at radius 1 is 1.22 bits per heavy atom. The van der Waals surface area contributed by atoms with Crippen LogP contribution in [0.3, 0.4) is 0 Å². The summed E-state index contributed by atoms with van der Waals surface area (Å²) in [6.45, 7) is 1.33. The van der Waals surface area contributed by atoms with Gasteiger partial charge in [-0.1, -0.05) is 0 Å². The zero-order valence-electron chi connectivity index (χ0n) is 14.7. The molecule has 3 N–H and O–H groups in total. The number of urea groups is 1. The monoisotopic (exact) mass is 374 g/mol. The number of benzene rings is 1. The number of nitrogens with two attached hydrogens (primary N) is 1. The molecule has 1 unspecified atom stereocenters. The molecule has 0 bridgehead atoms. The summed E-state index contributed by atoms with van der Waals surface area (Å²) in [5.41, 5.74) is 7.27. The van der Waals surface area contributed by atoms with E-state index in [0.717, 1.165) is 30.5 Å². The highest BCUT2D eigenvalue weighted by atomic mass is 19.1. The van der Waals surface area contributed by atoms with E-state index in [0.29, 0.717) is 12.1 Å². The molecule has 9 heteroatoms. The highest BCUT2D eigenvalue weighted by Crippen LogP contribution is 2.27. The van der Waals surface area contributed by atoms with Crippen molar-refractivity contribution >= 4 is 17.9 Å². The van der Waals surface area contributed by atoms with E-state index >= 15 is 0 Å². The molecule has 3 rings (SSSR count). The summed E-state index contributed by atoms with van der Waals surface area (Å²) in [5.74, 6) is -1.95. The summed E-state index contributed by atoms with van der Waals surface area (Å²) in [6.07, 6.45) is 2.03. The average Bonchev–Trinajstić information content (AvgIpc) is 3.01. The van der Waals surface area contributed by atoms with Gasteiger partial charge in [0.15, 0.2) is 11.8 Å². The Balaban J connectivity index is 1.89. The van der Waals surface area contributed by atoms with Crippen LogP contribution in [-0.4, -0.2) is 33.8 Å². The van der Waals surface area contributed by atoms with Gasteiger partial charge in [0.05, 0.1) is 5.69 Å². The zero-order chi connectivity index (χ0) is 19.6. The van der Waals surface area contributed by atoms with Gasteiger partial charge < -0.3 is 10.5 Å². The van der Waals surface area contributed by atoms with Crippen LogP contribution in [0.5, 0.6) is 0 Å². The first kappa shape index (κ1) is 18.6. The van der Waals surface area contributed by atoms with Gasteiger partial charge in [0.1, 0.15) is 5.82 Å². The van der Waals surface area contributed by atoms with Crippen LogP contribution in [0.2, 0.25) is 0 Å². The molecule has 0 saturated carbocycles. The third-order valence-electron chi connectivity index (χ3n) is 4.34. The molecule has 27 heavy (non-hydrogen) atoms. The Morgan fingerprint density at radius 3 is 2.56 bits per heavy atom. The molecule has 1 aliphatic carbocycles. The number of primary amides is 1. The number of carbonyl (C=O) groups is 3. The standard InChI is InChI=1S/C18H19FN4O4/c1-10(16(24)21-18(20)26)27-17(25)15-13-4-2-3-5-14(13)23(22-15)12-8-6-11(19)7-9-12/h6-10H,2-5H2,1H3,(H3,20,21,24,26). The van der Waals surface area contributed by atoms with Gasteiger partial charge in [0.25, 0.3) is 5.91 Å². The maximum absolute atomic E-state index is 13.2. The number of fused-ring (bicyclic) bond motifs is 1. The molecule has 1 aromatic heterocycles. The molecule has 1 heterocycles. The Bertz CT molecular complexity index is 892. The number of esters is 1. The molecule has 2 aromatic rings. The van der Waals surface area contributed by atoms with Gasteiger partial charge in [0, 0.05) is 11.3 Å². The van der Waals surface area contributed by atoms with E-state index in [-0.39, 0.29) is 11.5 Å². The second kappa shape index (κ2) is 7.56. The number of rotatable bonds is 4. The summed E-state index contributed by atoms with van der Waals surface area (Å²) < 4.78 is 20.0. The molecular weight excluding hydrogens is 355 g/mol. The Kier molecular flexibility index (Phi) is 5.20. The smallest absolute Gasteiger partial charge is 0.359 e. The predicted octanol–water partition coefficient (Wildman–Crippen LogP) is 1.63. The molecule has 0 radical (unpaired) electrons. The van der Waals surface area contributed by atoms with Crippen molar-refractivity contribution < 1.29 is 23.5 Å². The van der Waals surface area contributed by atoms with Crippen LogP contribution in [0.4, 0.5) is 9.18 Å². The van der Waals surface area contributed by atoms with Crippen molar-refractivity contribution in [3.05, 3.63) is 47.0 Å². The number of nitrogens with one attached hydrogen (secondary N) is 1. The molecular formula is C18H19FN4O4. The first-order chi connectivity index (χ1) is 12.9. The van der Waals surface area contributed by atoms with Crippen molar-refractivity contribution in [3.8, 4) is 5.69 Å². The molecule has 1 atom stereocenters. The van der Waals surface area contributed by atoms with E-state index in [1.54, 1.807) is 16.8 Å². The lowest BCUT2D eigenvalue weighted by Crippen LogP contribution is -2.42. The molecule has 1 aliphatic rings. The van der Waals surface area contributed by atoms with Crippen molar-refractivity contribution in [2.45, 2.75) is 38.7 Å². The van der Waals surface area contributed by atoms with Gasteiger partial charge in [-0.15, -0.1) is 0 Å². The molecule has 142 valence electrons. The number of nitrogens with zero attached hydrogens (tertiary/aromatic N) is 2. The maximum atomic E-state index is 13.2. The Labute approximate surface area is 154 Å². The Morgan fingerprint density at radius 2 is 1.89 bits per heavy atom. The largest absolute Gasteiger partial charge is 0.448 e. The SMILES string of the molecule is CC(OC(=O)c1nn(-c2ccc(F)cc2)c2c1CCCC2)C(=O)NC(N)=O. The first-order valence-corrected chi connectivity index (χ1v) is 8.55. The molecule has 0 saturated heterocycles. The maximum Gasteiger partial charge on any atom is 0.359 e. The van der Waals surface area contributed by atoms with Crippen molar-refractivity contribution in [2.24, 2.45) is 5.73 Å². The van der Waals surface area contributed by atoms with Crippen LogP contribution in [0.1, 0.15) is 41.5 Å². The lowest BCUT2D eigenvalue weighted by atomic mass is 9.95. The van der Waals surface area contributed by atoms with Crippen molar-refractivity contribution in [2.75, 3.05) is 0 Å². The number of ether oxygens (including phenoxy) is 1. The van der Waals surface area contributed by atoms with Crippen molar-refractivity contribution in [3.63, 3.8) is 0 Å². The van der Waals surface area contributed by atoms with Crippen LogP contribution in [-0.2, 0) is 22.4 Å².